The van der Waals surface area contributed by atoms with E-state index in [-0.39, 0.29) is 31.6 Å². The van der Waals surface area contributed by atoms with Crippen LogP contribution >= 0.6 is 11.3 Å². The van der Waals surface area contributed by atoms with Crippen LogP contribution in [0, 0.1) is 19.9 Å². The van der Waals surface area contributed by atoms with Crippen molar-refractivity contribution in [1.82, 2.24) is 4.98 Å². The maximum Gasteiger partial charge on any atom is 0.155 e. The van der Waals surface area contributed by atoms with E-state index < -0.39 is 0 Å². The molecule has 4 rings (SSSR count). The number of fused-ring (bicyclic) bond motifs is 1. The summed E-state index contributed by atoms with van der Waals surface area (Å²) in [5.74, 6) is 0.924. The van der Waals surface area contributed by atoms with Crippen LogP contribution < -0.4 is 0 Å². The van der Waals surface area contributed by atoms with Crippen LogP contribution in [-0.2, 0) is 24.9 Å². The molecule has 0 saturated heterocycles. The molecule has 1 radical (unpaired) electrons. The van der Waals surface area contributed by atoms with Crippen molar-refractivity contribution < 1.29 is 30.0 Å². The van der Waals surface area contributed by atoms with Crippen LogP contribution in [0.1, 0.15) is 75.6 Å². The number of hydrogen-bond acceptors (Lipinski definition) is 4. The number of aromatic nitrogens is 1. The van der Waals surface area contributed by atoms with Gasteiger partial charge in [0.25, 0.3) is 0 Å². The molecule has 0 spiro atoms. The van der Waals surface area contributed by atoms with Crippen molar-refractivity contribution in [2.75, 3.05) is 0 Å². The van der Waals surface area contributed by atoms with Crippen molar-refractivity contribution in [3.8, 4) is 21.7 Å². The van der Waals surface area contributed by atoms with Crippen LogP contribution in [0.5, 0.6) is 0 Å². The predicted octanol–water partition coefficient (Wildman–Crippen LogP) is 9.33. The van der Waals surface area contributed by atoms with Gasteiger partial charge in [0.2, 0.25) is 0 Å². The molecule has 0 aliphatic rings. The van der Waals surface area contributed by atoms with Crippen molar-refractivity contribution in [1.29, 1.82) is 0 Å². The van der Waals surface area contributed by atoms with Gasteiger partial charge in [0, 0.05) is 47.3 Å². The number of aliphatic hydroxyl groups excluding tert-OH is 1. The molecular formula is C32H36IrNO2S-. The number of carbonyl (C=O) groups excluding carboxylic acids is 1. The van der Waals surface area contributed by atoms with Gasteiger partial charge in [-0.25, -0.2) is 0 Å². The number of rotatable bonds is 5. The van der Waals surface area contributed by atoms with E-state index in [1.54, 1.807) is 0 Å². The fourth-order valence-electron chi connectivity index (χ4n) is 4.37. The first-order valence-electron chi connectivity index (χ1n) is 12.4. The van der Waals surface area contributed by atoms with Crippen molar-refractivity contribution in [3.05, 3.63) is 88.8 Å². The summed E-state index contributed by atoms with van der Waals surface area (Å²) < 4.78 is 1.28. The predicted molar refractivity (Wildman–Crippen MR) is 154 cm³/mol. The van der Waals surface area contributed by atoms with Crippen LogP contribution in [0.15, 0.2) is 60.5 Å². The average molecular weight is 691 g/mol. The summed E-state index contributed by atoms with van der Waals surface area (Å²) in [6, 6.07) is 19.1. The molecule has 0 saturated carbocycles. The van der Waals surface area contributed by atoms with E-state index in [1.165, 1.54) is 57.1 Å². The standard InChI is InChI=1S/C27H28NS.C5H8O2.Ir/c1-16(2)22-8-7-9-23(17(3)4)27(22)26-13-21-15-28-24(14-25(21)29-26)20-11-18(5)10-19(6)12-20;1-4(6)3-5(2)7;/h7-11,13-17H,1-6H3;3,6H,1-2H3;/q-1;;/b;4-3-;. The number of hydrogen-bond donors (Lipinski definition) is 1. The molecule has 0 fully saturated rings. The Bertz CT molecular complexity index is 1370. The summed E-state index contributed by atoms with van der Waals surface area (Å²) in [6.45, 7) is 16.2. The van der Waals surface area contributed by atoms with E-state index in [0.717, 1.165) is 16.8 Å². The first-order chi connectivity index (χ1) is 17.0. The van der Waals surface area contributed by atoms with Gasteiger partial charge in [0.05, 0.1) is 5.76 Å². The molecular weight excluding hydrogens is 655 g/mol. The van der Waals surface area contributed by atoms with Crippen LogP contribution in [0.2, 0.25) is 0 Å². The fraction of sp³-hybridized carbons (Fsp3) is 0.312. The Kier molecular flexibility index (Phi) is 11.0. The van der Waals surface area contributed by atoms with Crippen molar-refractivity contribution in [2.24, 2.45) is 0 Å². The second-order valence-corrected chi connectivity index (χ2v) is 11.1. The maximum atomic E-state index is 10.0. The fourth-order valence-corrected chi connectivity index (χ4v) is 5.53. The minimum absolute atomic E-state index is 0. The first-order valence-corrected chi connectivity index (χ1v) is 13.2. The molecule has 2 aromatic carbocycles. The summed E-state index contributed by atoms with van der Waals surface area (Å²) >= 11 is 1.88. The van der Waals surface area contributed by atoms with E-state index >= 15 is 0 Å². The quantitative estimate of drug-likeness (QED) is 0.129. The molecule has 2 heterocycles. The number of pyridine rings is 1. The van der Waals surface area contributed by atoms with Gasteiger partial charge in [-0.3, -0.25) is 4.79 Å². The number of aliphatic hydroxyl groups is 1. The van der Waals surface area contributed by atoms with Gasteiger partial charge in [0.15, 0.2) is 5.78 Å². The van der Waals surface area contributed by atoms with Crippen LogP contribution in [0.25, 0.3) is 31.8 Å². The molecule has 37 heavy (non-hydrogen) atoms. The molecule has 0 amide bonds. The van der Waals surface area contributed by atoms with Gasteiger partial charge in [-0.05, 0) is 54.1 Å². The third-order valence-electron chi connectivity index (χ3n) is 5.86. The Labute approximate surface area is 239 Å². The minimum atomic E-state index is -0.125. The van der Waals surface area contributed by atoms with Crippen LogP contribution in [0.3, 0.4) is 0 Å². The van der Waals surface area contributed by atoms with Crippen molar-refractivity contribution in [3.63, 3.8) is 0 Å². The molecule has 0 bridgehead atoms. The number of thiophene rings is 1. The Hall–Kier alpha value is -2.59. The first kappa shape index (κ1) is 30.6. The molecule has 0 aliphatic heterocycles. The molecule has 0 unspecified atom stereocenters. The van der Waals surface area contributed by atoms with Gasteiger partial charge >= 0.3 is 0 Å². The van der Waals surface area contributed by atoms with Crippen LogP contribution in [-0.4, -0.2) is 15.9 Å². The molecule has 0 atom stereocenters. The maximum absolute atomic E-state index is 10.0. The molecule has 0 aliphatic carbocycles. The second-order valence-electron chi connectivity index (χ2n) is 9.99. The number of ketones is 1. The smallest absolute Gasteiger partial charge is 0.155 e. The summed E-state index contributed by atoms with van der Waals surface area (Å²) in [4.78, 5) is 16.1. The Balaban J connectivity index is 0.000000532. The summed E-state index contributed by atoms with van der Waals surface area (Å²) in [6.07, 6.45) is 3.18. The molecule has 3 nitrogen and oxygen atoms in total. The van der Waals surface area contributed by atoms with Crippen molar-refractivity contribution >= 4 is 27.2 Å². The van der Waals surface area contributed by atoms with Gasteiger partial charge in [-0.1, -0.05) is 65.8 Å². The van der Waals surface area contributed by atoms with Crippen LogP contribution in [0.4, 0.5) is 0 Å². The Morgan fingerprint density at radius 2 is 1.62 bits per heavy atom. The zero-order valence-electron chi connectivity index (χ0n) is 22.9. The summed E-state index contributed by atoms with van der Waals surface area (Å²) in [5, 5.41) is 9.58. The SMILES string of the molecule is CC(=O)/C=C(/C)O.Cc1[c-]c(-c2cc3sc(-c4c(C(C)C)cccc4C(C)C)cc3cn2)cc(C)c1.[Ir]. The third-order valence-corrected chi connectivity index (χ3v) is 6.97. The van der Waals surface area contributed by atoms with E-state index in [1.807, 2.05) is 17.5 Å². The van der Waals surface area contributed by atoms with Gasteiger partial charge < -0.3 is 10.1 Å². The summed E-state index contributed by atoms with van der Waals surface area (Å²) in [5.41, 5.74) is 8.75. The molecule has 2 aromatic heterocycles. The number of nitrogens with zero attached hydrogens (tertiary/aromatic N) is 1. The average Bonchev–Trinajstić information content (AvgIpc) is 3.20. The van der Waals surface area contributed by atoms with E-state index in [4.69, 9.17) is 10.1 Å². The largest absolute Gasteiger partial charge is 0.512 e. The zero-order chi connectivity index (χ0) is 26.6. The van der Waals surface area contributed by atoms with Gasteiger partial charge in [-0.15, -0.1) is 46.2 Å². The third kappa shape index (κ3) is 7.94. The second kappa shape index (κ2) is 13.3. The number of allylic oxidation sites excluding steroid dienone is 2. The Morgan fingerprint density at radius 3 is 2.11 bits per heavy atom. The summed E-state index contributed by atoms with van der Waals surface area (Å²) in [7, 11) is 0. The monoisotopic (exact) mass is 691 g/mol. The van der Waals surface area contributed by atoms with Gasteiger partial charge in [0.1, 0.15) is 0 Å². The van der Waals surface area contributed by atoms with E-state index in [2.05, 4.69) is 90.1 Å². The minimum Gasteiger partial charge on any atom is -0.512 e. The number of carbonyl (C=O) groups is 1. The molecule has 1 N–H and O–H groups in total. The molecule has 197 valence electrons. The zero-order valence-corrected chi connectivity index (χ0v) is 26.1. The van der Waals surface area contributed by atoms with E-state index in [9.17, 15) is 4.79 Å². The van der Waals surface area contributed by atoms with Gasteiger partial charge in [-0.2, -0.15) is 0 Å². The topological polar surface area (TPSA) is 50.2 Å². The Morgan fingerprint density at radius 1 is 1.00 bits per heavy atom. The number of aryl methyl sites for hydroxylation is 2. The normalized spacial score (nSPS) is 11.4. The van der Waals surface area contributed by atoms with E-state index in [0.29, 0.717) is 11.8 Å². The van der Waals surface area contributed by atoms with Crippen molar-refractivity contribution in [2.45, 2.75) is 67.2 Å². The molecule has 4 aromatic rings. The molecule has 5 heteroatoms. The number of benzene rings is 2.